The number of hydrogen-bond donors (Lipinski definition) is 2. The van der Waals surface area contributed by atoms with Crippen LogP contribution in [0.1, 0.15) is 23.9 Å². The van der Waals surface area contributed by atoms with Gasteiger partial charge >= 0.3 is 6.03 Å². The van der Waals surface area contributed by atoms with Crippen LogP contribution in [0, 0.1) is 19.7 Å². The summed E-state index contributed by atoms with van der Waals surface area (Å²) in [6.45, 7) is 7.05. The molecule has 0 aliphatic heterocycles. The zero-order valence-electron chi connectivity index (χ0n) is 12.7. The van der Waals surface area contributed by atoms with Crippen molar-refractivity contribution in [2.75, 3.05) is 5.32 Å². The number of aryl methyl sites for hydroxylation is 2. The minimum absolute atomic E-state index is 0.0336. The molecular weight excluding hydrogens is 307 g/mol. The van der Waals surface area contributed by atoms with Crippen LogP contribution in [0.4, 0.5) is 14.9 Å². The molecule has 0 fully saturated rings. The second kappa shape index (κ2) is 6.79. The average molecular weight is 325 g/mol. The first-order chi connectivity index (χ1) is 10.4. The molecule has 0 bridgehead atoms. The molecule has 5 nitrogen and oxygen atoms in total. The van der Waals surface area contributed by atoms with Crippen LogP contribution in [0.2, 0.25) is 5.02 Å². The number of hydrogen-bond acceptors (Lipinski definition) is 2. The van der Waals surface area contributed by atoms with Crippen LogP contribution in [0.5, 0.6) is 0 Å². The molecule has 1 heterocycles. The molecule has 2 amide bonds. The van der Waals surface area contributed by atoms with Gasteiger partial charge in [0.2, 0.25) is 0 Å². The van der Waals surface area contributed by atoms with Crippen LogP contribution < -0.4 is 10.6 Å². The highest BCUT2D eigenvalue weighted by Gasteiger charge is 2.12. The lowest BCUT2D eigenvalue weighted by molar-refractivity contribution is 0.251. The van der Waals surface area contributed by atoms with E-state index in [4.69, 9.17) is 11.6 Å². The van der Waals surface area contributed by atoms with Gasteiger partial charge in [-0.2, -0.15) is 5.10 Å². The van der Waals surface area contributed by atoms with Gasteiger partial charge in [0, 0.05) is 30.0 Å². The fraction of sp³-hybridized carbons (Fsp3) is 0.333. The monoisotopic (exact) mass is 324 g/mol. The zero-order chi connectivity index (χ0) is 16.3. The minimum atomic E-state index is -0.522. The van der Waals surface area contributed by atoms with Crippen molar-refractivity contribution in [1.82, 2.24) is 15.1 Å². The Morgan fingerprint density at radius 3 is 2.73 bits per heavy atom. The molecule has 2 aromatic rings. The molecule has 118 valence electrons. The number of nitrogens with zero attached hydrogens (tertiary/aromatic N) is 2. The van der Waals surface area contributed by atoms with Gasteiger partial charge in [-0.05, 0) is 39.0 Å². The third kappa shape index (κ3) is 3.57. The molecule has 0 atom stereocenters. The predicted molar refractivity (Wildman–Crippen MR) is 84.6 cm³/mol. The normalized spacial score (nSPS) is 10.6. The number of carbonyl (C=O) groups excluding carboxylic acids is 1. The quantitative estimate of drug-likeness (QED) is 0.902. The summed E-state index contributed by atoms with van der Waals surface area (Å²) in [4.78, 5) is 11.9. The summed E-state index contributed by atoms with van der Waals surface area (Å²) in [5, 5.41) is 9.74. The molecule has 2 N–H and O–H groups in total. The smallest absolute Gasteiger partial charge is 0.319 e. The Balaban J connectivity index is 1.98. The van der Waals surface area contributed by atoms with Gasteiger partial charge < -0.3 is 10.6 Å². The van der Waals surface area contributed by atoms with E-state index in [0.717, 1.165) is 23.5 Å². The summed E-state index contributed by atoms with van der Waals surface area (Å²) >= 11 is 5.67. The van der Waals surface area contributed by atoms with Crippen molar-refractivity contribution in [2.24, 2.45) is 0 Å². The third-order valence-electron chi connectivity index (χ3n) is 3.43. The molecular formula is C15H18ClFN4O. The average Bonchev–Trinajstić information content (AvgIpc) is 2.75. The molecule has 0 unspecified atom stereocenters. The number of amides is 2. The molecule has 1 aromatic carbocycles. The van der Waals surface area contributed by atoms with Gasteiger partial charge in [-0.1, -0.05) is 11.6 Å². The van der Waals surface area contributed by atoms with Crippen molar-refractivity contribution in [3.63, 3.8) is 0 Å². The highest BCUT2D eigenvalue weighted by molar-refractivity contribution is 6.31. The highest BCUT2D eigenvalue weighted by Crippen LogP contribution is 2.19. The second-order valence-corrected chi connectivity index (χ2v) is 5.31. The van der Waals surface area contributed by atoms with Crippen molar-refractivity contribution >= 4 is 23.3 Å². The van der Waals surface area contributed by atoms with E-state index >= 15 is 0 Å². The standard InChI is InChI=1S/C15H18ClFN4O/c1-4-21-10(3)12(9(2)20-21)8-18-15(22)19-11-5-6-14(17)13(16)7-11/h5-7H,4,8H2,1-3H3,(H2,18,19,22). The number of carbonyl (C=O) groups is 1. The topological polar surface area (TPSA) is 59.0 Å². The van der Waals surface area contributed by atoms with Gasteiger partial charge in [0.15, 0.2) is 0 Å². The van der Waals surface area contributed by atoms with E-state index in [1.165, 1.54) is 18.2 Å². The summed E-state index contributed by atoms with van der Waals surface area (Å²) in [6.07, 6.45) is 0. The molecule has 22 heavy (non-hydrogen) atoms. The second-order valence-electron chi connectivity index (χ2n) is 4.90. The fourth-order valence-electron chi connectivity index (χ4n) is 2.22. The Labute approximate surface area is 133 Å². The zero-order valence-corrected chi connectivity index (χ0v) is 13.5. The highest BCUT2D eigenvalue weighted by atomic mass is 35.5. The number of anilines is 1. The Bertz CT molecular complexity index is 699. The number of aromatic nitrogens is 2. The Hall–Kier alpha value is -2.08. The molecule has 7 heteroatoms. The van der Waals surface area contributed by atoms with Crippen molar-refractivity contribution in [3.8, 4) is 0 Å². The van der Waals surface area contributed by atoms with E-state index in [1.54, 1.807) is 0 Å². The van der Waals surface area contributed by atoms with Crippen molar-refractivity contribution in [2.45, 2.75) is 33.9 Å². The van der Waals surface area contributed by atoms with E-state index < -0.39 is 5.82 Å². The van der Waals surface area contributed by atoms with E-state index in [9.17, 15) is 9.18 Å². The molecule has 2 rings (SSSR count). The van der Waals surface area contributed by atoms with Gasteiger partial charge in [0.1, 0.15) is 5.82 Å². The first-order valence-corrected chi connectivity index (χ1v) is 7.33. The van der Waals surface area contributed by atoms with E-state index in [-0.39, 0.29) is 11.1 Å². The van der Waals surface area contributed by atoms with E-state index in [1.807, 2.05) is 25.5 Å². The van der Waals surface area contributed by atoms with Gasteiger partial charge in [0.25, 0.3) is 0 Å². The molecule has 0 spiro atoms. The van der Waals surface area contributed by atoms with Gasteiger partial charge in [-0.3, -0.25) is 4.68 Å². The van der Waals surface area contributed by atoms with Crippen LogP contribution >= 0.6 is 11.6 Å². The lowest BCUT2D eigenvalue weighted by Crippen LogP contribution is -2.28. The Morgan fingerprint density at radius 2 is 2.14 bits per heavy atom. The molecule has 0 aliphatic carbocycles. The molecule has 0 radical (unpaired) electrons. The number of nitrogens with one attached hydrogen (secondary N) is 2. The van der Waals surface area contributed by atoms with Crippen LogP contribution in [-0.4, -0.2) is 15.8 Å². The first kappa shape index (κ1) is 16.3. The Kier molecular flexibility index (Phi) is 5.03. The van der Waals surface area contributed by atoms with Gasteiger partial charge in [-0.25, -0.2) is 9.18 Å². The molecule has 0 saturated heterocycles. The SMILES string of the molecule is CCn1nc(C)c(CNC(=O)Nc2ccc(F)c(Cl)c2)c1C. The number of benzene rings is 1. The van der Waals surface area contributed by atoms with E-state index in [2.05, 4.69) is 15.7 Å². The van der Waals surface area contributed by atoms with Crippen molar-refractivity contribution in [3.05, 3.63) is 46.0 Å². The molecule has 0 aliphatic rings. The number of urea groups is 1. The summed E-state index contributed by atoms with van der Waals surface area (Å²) in [6, 6.07) is 3.64. The third-order valence-corrected chi connectivity index (χ3v) is 3.72. The van der Waals surface area contributed by atoms with Crippen molar-refractivity contribution in [1.29, 1.82) is 0 Å². The number of rotatable bonds is 4. The molecule has 1 aromatic heterocycles. The fourth-order valence-corrected chi connectivity index (χ4v) is 2.40. The number of halogens is 2. The largest absolute Gasteiger partial charge is 0.334 e. The summed E-state index contributed by atoms with van der Waals surface area (Å²) in [5.41, 5.74) is 3.35. The maximum Gasteiger partial charge on any atom is 0.319 e. The minimum Gasteiger partial charge on any atom is -0.334 e. The maximum atomic E-state index is 13.1. The maximum absolute atomic E-state index is 13.1. The first-order valence-electron chi connectivity index (χ1n) is 6.95. The van der Waals surface area contributed by atoms with Gasteiger partial charge in [0.05, 0.1) is 10.7 Å². The van der Waals surface area contributed by atoms with Crippen molar-refractivity contribution < 1.29 is 9.18 Å². The predicted octanol–water partition coefficient (Wildman–Crippen LogP) is 3.63. The summed E-state index contributed by atoms with van der Waals surface area (Å²) in [5.74, 6) is -0.522. The van der Waals surface area contributed by atoms with E-state index in [0.29, 0.717) is 12.2 Å². The van der Waals surface area contributed by atoms with Crippen LogP contribution in [0.3, 0.4) is 0 Å². The van der Waals surface area contributed by atoms with Crippen LogP contribution in [0.25, 0.3) is 0 Å². The molecule has 0 saturated carbocycles. The van der Waals surface area contributed by atoms with Gasteiger partial charge in [-0.15, -0.1) is 0 Å². The Morgan fingerprint density at radius 1 is 1.41 bits per heavy atom. The van der Waals surface area contributed by atoms with Crippen LogP contribution in [-0.2, 0) is 13.1 Å². The lowest BCUT2D eigenvalue weighted by atomic mass is 10.2. The summed E-state index contributed by atoms with van der Waals surface area (Å²) in [7, 11) is 0. The lowest BCUT2D eigenvalue weighted by Gasteiger charge is -2.09. The van der Waals surface area contributed by atoms with Crippen LogP contribution in [0.15, 0.2) is 18.2 Å². The summed E-state index contributed by atoms with van der Waals surface area (Å²) < 4.78 is 15.0.